The molecule has 1 fully saturated rings. The summed E-state index contributed by atoms with van der Waals surface area (Å²) in [6.07, 6.45) is 0.889. The van der Waals surface area contributed by atoms with Gasteiger partial charge in [-0.2, -0.15) is 0 Å². The van der Waals surface area contributed by atoms with E-state index in [0.29, 0.717) is 17.3 Å². The number of benzene rings is 2. The second-order valence-electron chi connectivity index (χ2n) is 6.14. The van der Waals surface area contributed by atoms with Crippen LogP contribution < -0.4 is 9.62 Å². The molecule has 1 saturated carbocycles. The number of anilines is 2. The molecule has 1 amide bonds. The van der Waals surface area contributed by atoms with Crippen LogP contribution in [0.4, 0.5) is 11.4 Å². The highest BCUT2D eigenvalue weighted by atomic mass is 32.2. The minimum absolute atomic E-state index is 0.0391. The molecule has 3 rings (SSSR count). The van der Waals surface area contributed by atoms with Crippen molar-refractivity contribution in [3.05, 3.63) is 54.6 Å². The third-order valence-electron chi connectivity index (χ3n) is 4.33. The minimum atomic E-state index is -3.68. The van der Waals surface area contributed by atoms with Crippen molar-refractivity contribution in [1.82, 2.24) is 0 Å². The highest BCUT2D eigenvalue weighted by molar-refractivity contribution is 7.92. The molecule has 2 unspecified atom stereocenters. The third-order valence-corrected chi connectivity index (χ3v) is 6.11. The van der Waals surface area contributed by atoms with E-state index in [-0.39, 0.29) is 16.7 Å². The quantitative estimate of drug-likeness (QED) is 0.906. The van der Waals surface area contributed by atoms with Crippen LogP contribution in [0.15, 0.2) is 59.5 Å². The average Bonchev–Trinajstić information content (AvgIpc) is 3.32. The van der Waals surface area contributed by atoms with Crippen LogP contribution in [0.1, 0.15) is 13.3 Å². The number of carbonyl (C=O) groups excluding carboxylic acids is 1. The summed E-state index contributed by atoms with van der Waals surface area (Å²) < 4.78 is 26.8. The van der Waals surface area contributed by atoms with Crippen LogP contribution in [-0.4, -0.2) is 21.4 Å². The van der Waals surface area contributed by atoms with Crippen LogP contribution in [0, 0.1) is 11.8 Å². The van der Waals surface area contributed by atoms with Crippen LogP contribution in [0.25, 0.3) is 0 Å². The van der Waals surface area contributed by atoms with E-state index in [2.05, 4.69) is 5.32 Å². The first kappa shape index (κ1) is 16.5. The first-order valence-corrected chi connectivity index (χ1v) is 9.28. The Kier molecular flexibility index (Phi) is 4.32. The van der Waals surface area contributed by atoms with Crippen molar-refractivity contribution in [3.63, 3.8) is 0 Å². The van der Waals surface area contributed by atoms with Gasteiger partial charge in [0.15, 0.2) is 0 Å². The first-order valence-electron chi connectivity index (χ1n) is 7.84. The number of nitrogens with zero attached hydrogens (tertiary/aromatic N) is 1. The molecule has 0 saturated heterocycles. The fourth-order valence-corrected chi connectivity index (χ4v) is 3.83. The minimum Gasteiger partial charge on any atom is -0.326 e. The van der Waals surface area contributed by atoms with E-state index in [1.165, 1.54) is 23.5 Å². The highest BCUT2D eigenvalue weighted by Crippen LogP contribution is 2.38. The summed E-state index contributed by atoms with van der Waals surface area (Å²) in [7, 11) is -2.17. The molecule has 1 aliphatic carbocycles. The lowest BCUT2D eigenvalue weighted by atomic mass is 10.3. The second-order valence-corrected chi connectivity index (χ2v) is 8.11. The average molecular weight is 344 g/mol. The maximum Gasteiger partial charge on any atom is 0.264 e. The van der Waals surface area contributed by atoms with Gasteiger partial charge >= 0.3 is 0 Å². The summed E-state index contributed by atoms with van der Waals surface area (Å²) in [5.74, 6) is 0.395. The van der Waals surface area contributed by atoms with E-state index < -0.39 is 10.0 Å². The Morgan fingerprint density at radius 1 is 1.12 bits per heavy atom. The number of rotatable bonds is 5. The van der Waals surface area contributed by atoms with Gasteiger partial charge in [-0.3, -0.25) is 9.10 Å². The zero-order valence-electron chi connectivity index (χ0n) is 13.6. The van der Waals surface area contributed by atoms with Crippen LogP contribution in [0.5, 0.6) is 0 Å². The van der Waals surface area contributed by atoms with Gasteiger partial charge in [-0.25, -0.2) is 8.42 Å². The van der Waals surface area contributed by atoms with E-state index in [4.69, 9.17) is 0 Å². The summed E-state index contributed by atoms with van der Waals surface area (Å²) in [6, 6.07) is 15.2. The molecule has 2 atom stereocenters. The standard InChI is InChI=1S/C18H20N2O3S/c1-13-11-17(13)18(21)19-14-7-6-10-16(12-14)24(22,23)20(2)15-8-4-3-5-9-15/h3-10,12-13,17H,11H2,1-2H3,(H,19,21). The summed E-state index contributed by atoms with van der Waals surface area (Å²) in [5, 5.41) is 2.80. The molecule has 0 spiro atoms. The molecular weight excluding hydrogens is 324 g/mol. The van der Waals surface area contributed by atoms with Crippen LogP contribution in [0.2, 0.25) is 0 Å². The summed E-state index contributed by atoms with van der Waals surface area (Å²) in [4.78, 5) is 12.2. The number of nitrogens with one attached hydrogen (secondary N) is 1. The number of hydrogen-bond donors (Lipinski definition) is 1. The smallest absolute Gasteiger partial charge is 0.264 e. The van der Waals surface area contributed by atoms with Crippen molar-refractivity contribution in [2.24, 2.45) is 11.8 Å². The number of hydrogen-bond acceptors (Lipinski definition) is 3. The highest BCUT2D eigenvalue weighted by Gasteiger charge is 2.39. The van der Waals surface area contributed by atoms with E-state index in [0.717, 1.165) is 6.42 Å². The predicted octanol–water partition coefficient (Wildman–Crippen LogP) is 3.11. The molecule has 0 heterocycles. The Labute approximate surface area is 142 Å². The van der Waals surface area contributed by atoms with Crippen molar-refractivity contribution in [2.75, 3.05) is 16.7 Å². The van der Waals surface area contributed by atoms with Crippen molar-refractivity contribution in [2.45, 2.75) is 18.2 Å². The van der Waals surface area contributed by atoms with Gasteiger partial charge in [0.25, 0.3) is 10.0 Å². The van der Waals surface area contributed by atoms with E-state index in [1.54, 1.807) is 36.4 Å². The number of carbonyl (C=O) groups is 1. The lowest BCUT2D eigenvalue weighted by Gasteiger charge is -2.19. The summed E-state index contributed by atoms with van der Waals surface area (Å²) >= 11 is 0. The molecule has 5 nitrogen and oxygen atoms in total. The van der Waals surface area contributed by atoms with Gasteiger partial charge in [-0.05, 0) is 42.7 Å². The summed E-state index contributed by atoms with van der Waals surface area (Å²) in [5.41, 5.74) is 1.08. The fourth-order valence-electron chi connectivity index (χ4n) is 2.59. The lowest BCUT2D eigenvalue weighted by molar-refractivity contribution is -0.117. The van der Waals surface area contributed by atoms with Gasteiger partial charge in [0, 0.05) is 18.7 Å². The maximum atomic E-state index is 12.8. The topological polar surface area (TPSA) is 66.5 Å². The molecule has 2 aromatic carbocycles. The van der Waals surface area contributed by atoms with E-state index in [9.17, 15) is 13.2 Å². The van der Waals surface area contributed by atoms with E-state index in [1.807, 2.05) is 13.0 Å². The van der Waals surface area contributed by atoms with Gasteiger partial charge < -0.3 is 5.32 Å². The molecule has 6 heteroatoms. The Balaban J connectivity index is 1.83. The largest absolute Gasteiger partial charge is 0.326 e. The molecule has 1 N–H and O–H groups in total. The molecule has 0 bridgehead atoms. The van der Waals surface area contributed by atoms with Gasteiger partial charge in [0.2, 0.25) is 5.91 Å². The van der Waals surface area contributed by atoms with Crippen LogP contribution >= 0.6 is 0 Å². The molecule has 0 radical (unpaired) electrons. The third kappa shape index (κ3) is 3.28. The summed E-state index contributed by atoms with van der Waals surface area (Å²) in [6.45, 7) is 2.03. The van der Waals surface area contributed by atoms with Crippen LogP contribution in [0.3, 0.4) is 0 Å². The van der Waals surface area contributed by atoms with Crippen molar-refractivity contribution >= 4 is 27.3 Å². The maximum absolute atomic E-state index is 12.8. The van der Waals surface area contributed by atoms with Crippen LogP contribution in [-0.2, 0) is 14.8 Å². The zero-order chi connectivity index (χ0) is 17.3. The number of para-hydroxylation sites is 1. The molecule has 2 aromatic rings. The Morgan fingerprint density at radius 2 is 1.79 bits per heavy atom. The Hall–Kier alpha value is -2.34. The molecule has 0 aromatic heterocycles. The molecule has 126 valence electrons. The molecule has 1 aliphatic rings. The number of amides is 1. The number of sulfonamides is 1. The molecule has 0 aliphatic heterocycles. The van der Waals surface area contributed by atoms with Gasteiger partial charge in [0.05, 0.1) is 10.6 Å². The first-order chi connectivity index (χ1) is 11.4. The lowest BCUT2D eigenvalue weighted by Crippen LogP contribution is -2.26. The van der Waals surface area contributed by atoms with Gasteiger partial charge in [0.1, 0.15) is 0 Å². The predicted molar refractivity (Wildman–Crippen MR) is 94.4 cm³/mol. The zero-order valence-corrected chi connectivity index (χ0v) is 14.5. The van der Waals surface area contributed by atoms with Crippen molar-refractivity contribution < 1.29 is 13.2 Å². The van der Waals surface area contributed by atoms with E-state index >= 15 is 0 Å². The molecule has 24 heavy (non-hydrogen) atoms. The second kappa shape index (κ2) is 6.28. The van der Waals surface area contributed by atoms with Crippen molar-refractivity contribution in [3.8, 4) is 0 Å². The fraction of sp³-hybridized carbons (Fsp3) is 0.278. The Bertz CT molecular complexity index is 850. The SMILES string of the molecule is CC1CC1C(=O)Nc1cccc(S(=O)(=O)N(C)c2ccccc2)c1. The van der Waals surface area contributed by atoms with Gasteiger partial charge in [-0.1, -0.05) is 31.2 Å². The Morgan fingerprint density at radius 3 is 2.42 bits per heavy atom. The molecular formula is C18H20N2O3S. The van der Waals surface area contributed by atoms with Crippen molar-refractivity contribution in [1.29, 1.82) is 0 Å². The van der Waals surface area contributed by atoms with Gasteiger partial charge in [-0.15, -0.1) is 0 Å². The monoisotopic (exact) mass is 344 g/mol. The normalized spacial score (nSPS) is 19.6.